The van der Waals surface area contributed by atoms with Crippen LogP contribution >= 0.6 is 0 Å². The second-order valence-electron chi connectivity index (χ2n) is 11.5. The molecule has 4 amide bonds. The van der Waals surface area contributed by atoms with Gasteiger partial charge in [-0.15, -0.1) is 0 Å². The summed E-state index contributed by atoms with van der Waals surface area (Å²) in [6, 6.07) is 33.4. The highest BCUT2D eigenvalue weighted by atomic mass is 16.2. The zero-order valence-electron chi connectivity index (χ0n) is 27.6. The SMILES string of the molecule is CCCN(CC(=O)Nc1ccc(C#Cc2ccc(NC(=O)CN(CCC)C(=O)Cc3ccccc3)cc2)cc1)C(=O)Cc1ccccc1. The molecule has 4 aromatic carbocycles. The zero-order valence-corrected chi connectivity index (χ0v) is 27.6. The minimum absolute atomic E-state index is 0.0130. The van der Waals surface area contributed by atoms with Crippen LogP contribution in [0.2, 0.25) is 0 Å². The van der Waals surface area contributed by atoms with E-state index < -0.39 is 0 Å². The van der Waals surface area contributed by atoms with Gasteiger partial charge in [0, 0.05) is 35.6 Å². The minimum Gasteiger partial charge on any atom is -0.333 e. The van der Waals surface area contributed by atoms with Crippen molar-refractivity contribution >= 4 is 35.0 Å². The van der Waals surface area contributed by atoms with Crippen molar-refractivity contribution in [2.75, 3.05) is 36.8 Å². The molecule has 4 rings (SSSR count). The van der Waals surface area contributed by atoms with Gasteiger partial charge in [0.15, 0.2) is 0 Å². The molecule has 0 fully saturated rings. The maximum absolute atomic E-state index is 12.8. The van der Waals surface area contributed by atoms with Crippen LogP contribution in [0, 0.1) is 11.8 Å². The Morgan fingerprint density at radius 3 is 1.21 bits per heavy atom. The molecule has 48 heavy (non-hydrogen) atoms. The second kappa shape index (κ2) is 18.5. The van der Waals surface area contributed by atoms with Gasteiger partial charge < -0.3 is 20.4 Å². The van der Waals surface area contributed by atoms with E-state index in [2.05, 4.69) is 22.5 Å². The van der Waals surface area contributed by atoms with Crippen LogP contribution in [0.15, 0.2) is 109 Å². The van der Waals surface area contributed by atoms with E-state index >= 15 is 0 Å². The van der Waals surface area contributed by atoms with Crippen LogP contribution in [0.25, 0.3) is 0 Å². The predicted molar refractivity (Wildman–Crippen MR) is 190 cm³/mol. The van der Waals surface area contributed by atoms with E-state index in [9.17, 15) is 19.2 Å². The van der Waals surface area contributed by atoms with Crippen LogP contribution in [-0.4, -0.2) is 59.6 Å². The molecule has 8 nitrogen and oxygen atoms in total. The smallest absolute Gasteiger partial charge is 0.243 e. The Labute approximate surface area is 283 Å². The summed E-state index contributed by atoms with van der Waals surface area (Å²) in [7, 11) is 0. The zero-order chi connectivity index (χ0) is 34.1. The standard InChI is InChI=1S/C40H42N4O4/c1-3-25-43(39(47)27-33-11-7-5-8-12-33)29-37(45)41-35-21-17-31(18-22-35)15-16-32-19-23-36(24-20-32)42-38(46)30-44(26-4-2)40(48)28-34-13-9-6-10-14-34/h5-14,17-24H,3-4,25-30H2,1-2H3,(H,41,45)(H,42,46). The molecular formula is C40H42N4O4. The quantitative estimate of drug-likeness (QED) is 0.167. The average Bonchev–Trinajstić information content (AvgIpc) is 3.09. The van der Waals surface area contributed by atoms with Gasteiger partial charge in [-0.05, 0) is 72.5 Å². The van der Waals surface area contributed by atoms with Gasteiger partial charge in [-0.3, -0.25) is 19.2 Å². The van der Waals surface area contributed by atoms with Crippen molar-refractivity contribution in [3.05, 3.63) is 131 Å². The van der Waals surface area contributed by atoms with Gasteiger partial charge in [-0.2, -0.15) is 0 Å². The molecule has 0 atom stereocenters. The molecule has 4 aromatic rings. The third-order valence-electron chi connectivity index (χ3n) is 7.45. The number of benzene rings is 4. The number of amides is 4. The van der Waals surface area contributed by atoms with Gasteiger partial charge in [-0.25, -0.2) is 0 Å². The predicted octanol–water partition coefficient (Wildman–Crippen LogP) is 5.93. The number of hydrogen-bond donors (Lipinski definition) is 2. The van der Waals surface area contributed by atoms with Gasteiger partial charge in [0.2, 0.25) is 23.6 Å². The highest BCUT2D eigenvalue weighted by Gasteiger charge is 2.18. The highest BCUT2D eigenvalue weighted by Crippen LogP contribution is 2.13. The Kier molecular flexibility index (Phi) is 13.5. The molecule has 0 aliphatic rings. The lowest BCUT2D eigenvalue weighted by molar-refractivity contribution is -0.134. The van der Waals surface area contributed by atoms with Crippen LogP contribution < -0.4 is 10.6 Å². The summed E-state index contributed by atoms with van der Waals surface area (Å²) in [6.45, 7) is 4.95. The van der Waals surface area contributed by atoms with Crippen molar-refractivity contribution in [3.8, 4) is 11.8 Å². The van der Waals surface area contributed by atoms with Crippen molar-refractivity contribution in [2.24, 2.45) is 0 Å². The number of anilines is 2. The van der Waals surface area contributed by atoms with E-state index in [-0.39, 0.29) is 49.6 Å². The lowest BCUT2D eigenvalue weighted by Crippen LogP contribution is -2.39. The topological polar surface area (TPSA) is 98.8 Å². The Morgan fingerprint density at radius 2 is 0.875 bits per heavy atom. The van der Waals surface area contributed by atoms with Gasteiger partial charge in [0.1, 0.15) is 0 Å². The number of hydrogen-bond acceptors (Lipinski definition) is 4. The Bertz CT molecular complexity index is 1580. The van der Waals surface area contributed by atoms with Crippen molar-refractivity contribution in [3.63, 3.8) is 0 Å². The van der Waals surface area contributed by atoms with Gasteiger partial charge in [0.05, 0.1) is 25.9 Å². The summed E-state index contributed by atoms with van der Waals surface area (Å²) in [5, 5.41) is 5.74. The molecule has 0 aliphatic carbocycles. The summed E-state index contributed by atoms with van der Waals surface area (Å²) >= 11 is 0. The summed E-state index contributed by atoms with van der Waals surface area (Å²) in [5.74, 6) is 5.56. The molecule has 0 aliphatic heterocycles. The first-order chi connectivity index (χ1) is 23.3. The second-order valence-corrected chi connectivity index (χ2v) is 11.5. The first-order valence-electron chi connectivity index (χ1n) is 16.3. The summed E-state index contributed by atoms with van der Waals surface area (Å²) in [4.78, 5) is 54.3. The number of carbonyl (C=O) groups is 4. The lowest BCUT2D eigenvalue weighted by Gasteiger charge is -2.21. The Morgan fingerprint density at radius 1 is 0.521 bits per heavy atom. The number of nitrogens with zero attached hydrogens (tertiary/aromatic N) is 2. The molecule has 246 valence electrons. The molecule has 0 saturated carbocycles. The fraction of sp³-hybridized carbons (Fsp3) is 0.250. The van der Waals surface area contributed by atoms with Gasteiger partial charge >= 0.3 is 0 Å². The fourth-order valence-corrected chi connectivity index (χ4v) is 5.05. The number of carbonyl (C=O) groups excluding carboxylic acids is 4. The van der Waals surface area contributed by atoms with E-state index in [1.165, 1.54) is 0 Å². The van der Waals surface area contributed by atoms with Crippen LogP contribution in [0.5, 0.6) is 0 Å². The summed E-state index contributed by atoms with van der Waals surface area (Å²) < 4.78 is 0. The fourth-order valence-electron chi connectivity index (χ4n) is 5.05. The molecule has 0 saturated heterocycles. The number of rotatable bonds is 14. The molecule has 0 heterocycles. The first-order valence-corrected chi connectivity index (χ1v) is 16.3. The minimum atomic E-state index is -0.257. The van der Waals surface area contributed by atoms with Gasteiger partial charge in [-0.1, -0.05) is 86.4 Å². The van der Waals surface area contributed by atoms with E-state index in [0.29, 0.717) is 24.5 Å². The third kappa shape index (κ3) is 11.6. The van der Waals surface area contributed by atoms with E-state index in [4.69, 9.17) is 0 Å². The van der Waals surface area contributed by atoms with Crippen LogP contribution in [0.3, 0.4) is 0 Å². The summed E-state index contributed by atoms with van der Waals surface area (Å²) in [5.41, 5.74) is 4.62. The number of nitrogens with one attached hydrogen (secondary N) is 2. The maximum Gasteiger partial charge on any atom is 0.243 e. The van der Waals surface area contributed by atoms with Crippen molar-refractivity contribution < 1.29 is 19.2 Å². The maximum atomic E-state index is 12.8. The molecule has 0 aromatic heterocycles. The average molecular weight is 643 g/mol. The lowest BCUT2D eigenvalue weighted by atomic mass is 10.1. The molecule has 8 heteroatoms. The Hall–Kier alpha value is -5.68. The van der Waals surface area contributed by atoms with E-state index in [1.54, 1.807) is 34.1 Å². The van der Waals surface area contributed by atoms with E-state index in [0.717, 1.165) is 35.1 Å². The van der Waals surface area contributed by atoms with Crippen LogP contribution in [-0.2, 0) is 32.0 Å². The van der Waals surface area contributed by atoms with Crippen molar-refractivity contribution in [1.82, 2.24) is 9.80 Å². The van der Waals surface area contributed by atoms with E-state index in [1.807, 2.05) is 98.8 Å². The molecule has 0 radical (unpaired) electrons. The molecular weight excluding hydrogens is 600 g/mol. The highest BCUT2D eigenvalue weighted by molar-refractivity contribution is 5.95. The molecule has 0 unspecified atom stereocenters. The Balaban J connectivity index is 1.26. The largest absolute Gasteiger partial charge is 0.333 e. The normalized spacial score (nSPS) is 10.3. The van der Waals surface area contributed by atoms with Crippen LogP contribution in [0.1, 0.15) is 48.9 Å². The molecule has 0 bridgehead atoms. The molecule has 0 spiro atoms. The van der Waals surface area contributed by atoms with Crippen LogP contribution in [0.4, 0.5) is 11.4 Å². The first kappa shape index (κ1) is 35.2. The monoisotopic (exact) mass is 642 g/mol. The summed E-state index contributed by atoms with van der Waals surface area (Å²) in [6.07, 6.45) is 2.03. The van der Waals surface area contributed by atoms with Gasteiger partial charge in [0.25, 0.3) is 0 Å². The van der Waals surface area contributed by atoms with Crippen molar-refractivity contribution in [2.45, 2.75) is 39.5 Å². The van der Waals surface area contributed by atoms with Crippen molar-refractivity contribution in [1.29, 1.82) is 0 Å². The third-order valence-corrected chi connectivity index (χ3v) is 7.45. The molecule has 2 N–H and O–H groups in total.